The average Bonchev–Trinajstić information content (AvgIpc) is 2.66. The summed E-state index contributed by atoms with van der Waals surface area (Å²) in [6.45, 7) is 1.84. The van der Waals surface area contributed by atoms with Gasteiger partial charge in [0.15, 0.2) is 5.78 Å². The number of ketones is 1. The van der Waals surface area contributed by atoms with Gasteiger partial charge in [-0.15, -0.1) is 0 Å². The molecule has 2 rings (SSSR count). The van der Waals surface area contributed by atoms with Crippen molar-refractivity contribution in [2.24, 2.45) is 0 Å². The lowest BCUT2D eigenvalue weighted by molar-refractivity contribution is 0.0658. The lowest BCUT2D eigenvalue weighted by Crippen LogP contribution is -1.97. The van der Waals surface area contributed by atoms with Gasteiger partial charge in [0.25, 0.3) is 0 Å². The van der Waals surface area contributed by atoms with Gasteiger partial charge in [0.05, 0.1) is 5.56 Å². The summed E-state index contributed by atoms with van der Waals surface area (Å²) in [4.78, 5) is 22.2. The number of furan rings is 1. The Morgan fingerprint density at radius 3 is 2.79 bits per heavy atom. The number of rotatable bonds is 2. The van der Waals surface area contributed by atoms with E-state index in [0.29, 0.717) is 36.1 Å². The fraction of sp³-hybridized carbons (Fsp3) is 0.400. The number of aryl methyl sites for hydroxylation is 1. The van der Waals surface area contributed by atoms with Crippen molar-refractivity contribution in [2.45, 2.75) is 26.2 Å². The molecule has 1 aromatic rings. The lowest BCUT2D eigenvalue weighted by Gasteiger charge is -1.92. The fourth-order valence-electron chi connectivity index (χ4n) is 1.87. The van der Waals surface area contributed by atoms with Crippen molar-refractivity contribution >= 4 is 11.8 Å². The van der Waals surface area contributed by atoms with Crippen molar-refractivity contribution in [1.82, 2.24) is 0 Å². The molecule has 0 aliphatic heterocycles. The second kappa shape index (κ2) is 2.97. The van der Waals surface area contributed by atoms with Crippen LogP contribution in [0.5, 0.6) is 0 Å². The van der Waals surface area contributed by atoms with Gasteiger partial charge in [-0.3, -0.25) is 4.79 Å². The maximum atomic E-state index is 11.4. The van der Waals surface area contributed by atoms with Crippen molar-refractivity contribution in [3.63, 3.8) is 0 Å². The molecule has 1 aliphatic carbocycles. The molecule has 1 N–H and O–H groups in total. The van der Waals surface area contributed by atoms with E-state index >= 15 is 0 Å². The second-order valence-electron chi connectivity index (χ2n) is 3.29. The molecule has 0 radical (unpaired) electrons. The van der Waals surface area contributed by atoms with Crippen molar-refractivity contribution in [2.75, 3.05) is 0 Å². The van der Waals surface area contributed by atoms with Crippen molar-refractivity contribution in [1.29, 1.82) is 0 Å². The molecule has 0 saturated heterocycles. The van der Waals surface area contributed by atoms with E-state index in [2.05, 4.69) is 0 Å². The highest BCUT2D eigenvalue weighted by molar-refractivity contribution is 6.04. The largest absolute Gasteiger partial charge is 0.475 e. The number of carboxylic acids is 1. The first-order valence-electron chi connectivity index (χ1n) is 4.56. The first-order valence-corrected chi connectivity index (χ1v) is 4.56. The molecule has 0 atom stereocenters. The molecule has 1 heterocycles. The topological polar surface area (TPSA) is 67.5 Å². The van der Waals surface area contributed by atoms with E-state index in [9.17, 15) is 9.59 Å². The Labute approximate surface area is 80.5 Å². The predicted octanol–water partition coefficient (Wildman–Crippen LogP) is 1.67. The van der Waals surface area contributed by atoms with E-state index in [0.717, 1.165) is 0 Å². The van der Waals surface area contributed by atoms with Crippen LogP contribution in [0, 0.1) is 0 Å². The molecule has 0 saturated carbocycles. The van der Waals surface area contributed by atoms with Gasteiger partial charge in [0.1, 0.15) is 5.76 Å². The molecule has 1 aliphatic rings. The smallest absolute Gasteiger partial charge is 0.372 e. The maximum Gasteiger partial charge on any atom is 0.372 e. The minimum atomic E-state index is -1.09. The first kappa shape index (κ1) is 8.99. The third kappa shape index (κ3) is 1.07. The van der Waals surface area contributed by atoms with Crippen LogP contribution in [0.15, 0.2) is 4.42 Å². The Morgan fingerprint density at radius 1 is 1.50 bits per heavy atom. The Balaban J connectivity index is 2.63. The standard InChI is InChI=1S/C10H10O4/c1-2-7-8-5(3-4-6(8)11)9(14-7)10(12)13/h2-4H2,1H3,(H,12,13). The van der Waals surface area contributed by atoms with E-state index in [1.165, 1.54) is 0 Å². The van der Waals surface area contributed by atoms with Crippen LogP contribution in [0.3, 0.4) is 0 Å². The van der Waals surface area contributed by atoms with Gasteiger partial charge in [-0.25, -0.2) is 4.79 Å². The third-order valence-corrected chi connectivity index (χ3v) is 2.48. The zero-order chi connectivity index (χ0) is 10.3. The summed E-state index contributed by atoms with van der Waals surface area (Å²) in [6.07, 6.45) is 1.47. The van der Waals surface area contributed by atoms with Gasteiger partial charge in [0.2, 0.25) is 5.76 Å². The third-order valence-electron chi connectivity index (χ3n) is 2.48. The zero-order valence-corrected chi connectivity index (χ0v) is 7.79. The van der Waals surface area contributed by atoms with Gasteiger partial charge < -0.3 is 9.52 Å². The second-order valence-corrected chi connectivity index (χ2v) is 3.29. The number of Topliss-reactive ketones (excluding diaryl/α,β-unsaturated/α-hetero) is 1. The van der Waals surface area contributed by atoms with Crippen LogP contribution in [-0.2, 0) is 12.8 Å². The fourth-order valence-corrected chi connectivity index (χ4v) is 1.87. The molecule has 74 valence electrons. The molecule has 1 aromatic heterocycles. The number of fused-ring (bicyclic) bond motifs is 1. The van der Waals surface area contributed by atoms with Crippen molar-refractivity contribution < 1.29 is 19.1 Å². The molecular formula is C10H10O4. The van der Waals surface area contributed by atoms with E-state index in [4.69, 9.17) is 9.52 Å². The monoisotopic (exact) mass is 194 g/mol. The Hall–Kier alpha value is -1.58. The molecule has 0 aromatic carbocycles. The van der Waals surface area contributed by atoms with Crippen molar-refractivity contribution in [3.05, 3.63) is 22.6 Å². The van der Waals surface area contributed by atoms with E-state index < -0.39 is 5.97 Å². The number of carbonyl (C=O) groups is 2. The van der Waals surface area contributed by atoms with Gasteiger partial charge in [0, 0.05) is 18.4 Å². The Morgan fingerprint density at radius 2 is 2.21 bits per heavy atom. The summed E-state index contributed by atoms with van der Waals surface area (Å²) in [5.41, 5.74) is 1.10. The van der Waals surface area contributed by atoms with E-state index in [1.807, 2.05) is 6.92 Å². The molecule has 4 heteroatoms. The maximum absolute atomic E-state index is 11.4. The molecule has 0 fully saturated rings. The summed E-state index contributed by atoms with van der Waals surface area (Å²) in [7, 11) is 0. The zero-order valence-electron chi connectivity index (χ0n) is 7.79. The van der Waals surface area contributed by atoms with Crippen LogP contribution in [-0.4, -0.2) is 16.9 Å². The first-order chi connectivity index (χ1) is 6.65. The number of carboxylic acid groups (broad SMARTS) is 1. The number of hydrogen-bond donors (Lipinski definition) is 1. The highest BCUT2D eigenvalue weighted by Gasteiger charge is 2.32. The Bertz CT molecular complexity index is 414. The molecule has 14 heavy (non-hydrogen) atoms. The van der Waals surface area contributed by atoms with Crippen LogP contribution >= 0.6 is 0 Å². The quantitative estimate of drug-likeness (QED) is 0.777. The van der Waals surface area contributed by atoms with Crippen LogP contribution in [0.25, 0.3) is 0 Å². The van der Waals surface area contributed by atoms with Crippen molar-refractivity contribution in [3.8, 4) is 0 Å². The molecule has 0 spiro atoms. The minimum absolute atomic E-state index is 0.00750. The average molecular weight is 194 g/mol. The van der Waals surface area contributed by atoms with Gasteiger partial charge in [-0.2, -0.15) is 0 Å². The molecule has 0 bridgehead atoms. The summed E-state index contributed by atoms with van der Waals surface area (Å²) in [5.74, 6) is -0.619. The molecule has 0 unspecified atom stereocenters. The van der Waals surface area contributed by atoms with Crippen LogP contribution < -0.4 is 0 Å². The van der Waals surface area contributed by atoms with Gasteiger partial charge in [-0.05, 0) is 6.42 Å². The minimum Gasteiger partial charge on any atom is -0.475 e. The summed E-state index contributed by atoms with van der Waals surface area (Å²) in [6, 6.07) is 0. The summed E-state index contributed by atoms with van der Waals surface area (Å²) in [5, 5.41) is 8.84. The molecular weight excluding hydrogens is 184 g/mol. The van der Waals surface area contributed by atoms with Crippen LogP contribution in [0.1, 0.15) is 45.6 Å². The normalized spacial score (nSPS) is 14.5. The SMILES string of the molecule is CCc1oc(C(=O)O)c2c1C(=O)CC2. The number of carbonyl (C=O) groups excluding carboxylic acids is 1. The Kier molecular flexibility index (Phi) is 1.91. The highest BCUT2D eigenvalue weighted by atomic mass is 16.4. The molecule has 4 nitrogen and oxygen atoms in total. The van der Waals surface area contributed by atoms with Gasteiger partial charge >= 0.3 is 5.97 Å². The number of hydrogen-bond acceptors (Lipinski definition) is 3. The van der Waals surface area contributed by atoms with E-state index in [1.54, 1.807) is 0 Å². The summed E-state index contributed by atoms with van der Waals surface area (Å²) >= 11 is 0. The van der Waals surface area contributed by atoms with Crippen LogP contribution in [0.4, 0.5) is 0 Å². The number of aromatic carboxylic acids is 1. The van der Waals surface area contributed by atoms with Gasteiger partial charge in [-0.1, -0.05) is 6.92 Å². The van der Waals surface area contributed by atoms with Crippen LogP contribution in [0.2, 0.25) is 0 Å². The summed E-state index contributed by atoms with van der Waals surface area (Å²) < 4.78 is 5.15. The predicted molar refractivity (Wildman–Crippen MR) is 47.7 cm³/mol. The highest BCUT2D eigenvalue weighted by Crippen LogP contribution is 2.31. The molecule has 0 amide bonds. The van der Waals surface area contributed by atoms with E-state index in [-0.39, 0.29) is 11.5 Å². The lowest BCUT2D eigenvalue weighted by atomic mass is 10.1.